The third-order valence-corrected chi connectivity index (χ3v) is 2.99. The molecule has 0 saturated heterocycles. The van der Waals surface area contributed by atoms with Gasteiger partial charge in [0.1, 0.15) is 0 Å². The molecule has 1 aromatic rings. The number of hydrogen-bond acceptors (Lipinski definition) is 5. The minimum absolute atomic E-state index is 0.139. The van der Waals surface area contributed by atoms with Gasteiger partial charge in [-0.25, -0.2) is 0 Å². The molecule has 0 aliphatic heterocycles. The second kappa shape index (κ2) is 7.83. The molecule has 0 spiro atoms. The number of nitrogens with zero attached hydrogens (tertiary/aromatic N) is 5. The Hall–Kier alpha value is -1.50. The van der Waals surface area contributed by atoms with Crippen LogP contribution in [0.3, 0.4) is 0 Å². The van der Waals surface area contributed by atoms with Gasteiger partial charge >= 0.3 is 0 Å². The molecule has 0 aliphatic carbocycles. The smallest absolute Gasteiger partial charge is 0.295 e. The normalized spacial score (nSPS) is 11.3. The molecular weight excluding hydrogens is 244 g/mol. The highest BCUT2D eigenvalue weighted by Gasteiger charge is 2.20. The van der Waals surface area contributed by atoms with Gasteiger partial charge in [0.25, 0.3) is 11.7 Å². The van der Waals surface area contributed by atoms with Crippen LogP contribution >= 0.6 is 0 Å². The molecule has 1 amide bonds. The average Bonchev–Trinajstić information content (AvgIpc) is 2.91. The van der Waals surface area contributed by atoms with Crippen molar-refractivity contribution in [1.82, 2.24) is 30.4 Å². The fourth-order valence-electron chi connectivity index (χ4n) is 1.91. The van der Waals surface area contributed by atoms with Crippen LogP contribution in [-0.2, 0) is 0 Å². The summed E-state index contributed by atoms with van der Waals surface area (Å²) >= 11 is 0. The van der Waals surface area contributed by atoms with Crippen molar-refractivity contribution in [3.63, 3.8) is 0 Å². The van der Waals surface area contributed by atoms with Crippen LogP contribution in [0.5, 0.6) is 0 Å². The van der Waals surface area contributed by atoms with Gasteiger partial charge in [0.05, 0.1) is 0 Å². The largest absolute Gasteiger partial charge is 0.334 e. The molecule has 19 heavy (non-hydrogen) atoms. The molecular formula is C12H24N6O. The first-order chi connectivity index (χ1) is 9.08. The number of amides is 1. The van der Waals surface area contributed by atoms with Crippen molar-refractivity contribution in [3.8, 4) is 0 Å². The van der Waals surface area contributed by atoms with Gasteiger partial charge < -0.3 is 9.80 Å². The van der Waals surface area contributed by atoms with E-state index < -0.39 is 0 Å². The summed E-state index contributed by atoms with van der Waals surface area (Å²) in [5, 5.41) is 13.3. The maximum atomic E-state index is 12.3. The number of nitrogens with one attached hydrogen (secondary N) is 1. The highest BCUT2D eigenvalue weighted by atomic mass is 16.2. The maximum Gasteiger partial charge on any atom is 0.295 e. The molecule has 0 atom stereocenters. The van der Waals surface area contributed by atoms with E-state index in [1.807, 2.05) is 0 Å². The van der Waals surface area contributed by atoms with Crippen LogP contribution in [0.2, 0.25) is 0 Å². The summed E-state index contributed by atoms with van der Waals surface area (Å²) in [6.45, 7) is 12.7. The second-order valence-corrected chi connectivity index (χ2v) is 4.91. The molecule has 0 radical (unpaired) electrons. The number of H-pyrrole nitrogens is 1. The Bertz CT molecular complexity index is 360. The Labute approximate surface area is 114 Å². The van der Waals surface area contributed by atoms with Crippen molar-refractivity contribution in [3.05, 3.63) is 5.82 Å². The minimum Gasteiger partial charge on any atom is -0.334 e. The number of carbonyl (C=O) groups excluding carboxylic acids is 1. The lowest BCUT2D eigenvalue weighted by Crippen LogP contribution is -2.41. The van der Waals surface area contributed by atoms with Crippen LogP contribution in [0.1, 0.15) is 38.3 Å². The topological polar surface area (TPSA) is 78.0 Å². The first-order valence-corrected chi connectivity index (χ1v) is 6.83. The number of likely N-dealkylation sites (N-methyl/N-ethyl adjacent to an activating group) is 1. The summed E-state index contributed by atoms with van der Waals surface area (Å²) in [5.74, 6) is 0.391. The average molecular weight is 268 g/mol. The zero-order valence-corrected chi connectivity index (χ0v) is 12.3. The zero-order valence-electron chi connectivity index (χ0n) is 12.3. The monoisotopic (exact) mass is 268 g/mol. The van der Waals surface area contributed by atoms with Gasteiger partial charge in [-0.05, 0) is 24.2 Å². The van der Waals surface area contributed by atoms with Gasteiger partial charge in [-0.3, -0.25) is 4.79 Å². The van der Waals surface area contributed by atoms with Crippen molar-refractivity contribution in [2.45, 2.75) is 27.7 Å². The third kappa shape index (κ3) is 4.94. The Kier molecular flexibility index (Phi) is 6.41. The molecule has 1 aromatic heterocycles. The number of hydrogen-bond donors (Lipinski definition) is 1. The van der Waals surface area contributed by atoms with Crippen LogP contribution in [0, 0.1) is 5.92 Å². The molecule has 0 unspecified atom stereocenters. The van der Waals surface area contributed by atoms with Gasteiger partial charge in [0.15, 0.2) is 0 Å². The standard InChI is InChI=1S/C12H24N6O/c1-5-17(6-2)7-8-18(9-10(3)4)12(19)11-13-15-16-14-11/h10H,5-9H2,1-4H3,(H,13,14,15,16). The number of carbonyl (C=O) groups is 1. The van der Waals surface area contributed by atoms with E-state index in [2.05, 4.69) is 53.2 Å². The maximum absolute atomic E-state index is 12.3. The van der Waals surface area contributed by atoms with Crippen molar-refractivity contribution >= 4 is 5.91 Å². The lowest BCUT2D eigenvalue weighted by atomic mass is 10.2. The first-order valence-electron chi connectivity index (χ1n) is 6.83. The van der Waals surface area contributed by atoms with E-state index >= 15 is 0 Å². The molecule has 0 fully saturated rings. The van der Waals surface area contributed by atoms with Crippen LogP contribution in [-0.4, -0.2) is 69.1 Å². The fourth-order valence-corrected chi connectivity index (χ4v) is 1.91. The summed E-state index contributed by atoms with van der Waals surface area (Å²) in [6.07, 6.45) is 0. The summed E-state index contributed by atoms with van der Waals surface area (Å²) in [7, 11) is 0. The first kappa shape index (κ1) is 15.6. The lowest BCUT2D eigenvalue weighted by molar-refractivity contribution is 0.0704. The van der Waals surface area contributed by atoms with Crippen molar-refractivity contribution in [2.75, 3.05) is 32.7 Å². The molecule has 0 saturated carbocycles. The Balaban J connectivity index is 2.64. The van der Waals surface area contributed by atoms with Crippen molar-refractivity contribution in [1.29, 1.82) is 0 Å². The predicted molar refractivity (Wildman–Crippen MR) is 72.7 cm³/mol. The van der Waals surface area contributed by atoms with Gasteiger partial charge in [0, 0.05) is 19.6 Å². The third-order valence-electron chi connectivity index (χ3n) is 2.99. The Morgan fingerprint density at radius 1 is 1.26 bits per heavy atom. The van der Waals surface area contributed by atoms with E-state index in [4.69, 9.17) is 0 Å². The summed E-state index contributed by atoms with van der Waals surface area (Å²) in [4.78, 5) is 16.3. The van der Waals surface area contributed by atoms with Gasteiger partial charge in [-0.1, -0.05) is 27.7 Å². The number of tetrazole rings is 1. The summed E-state index contributed by atoms with van der Waals surface area (Å²) < 4.78 is 0. The molecule has 7 nitrogen and oxygen atoms in total. The minimum atomic E-state index is -0.158. The molecule has 7 heteroatoms. The van der Waals surface area contributed by atoms with Crippen LogP contribution in [0.15, 0.2) is 0 Å². The van der Waals surface area contributed by atoms with E-state index in [1.54, 1.807) is 4.90 Å². The molecule has 108 valence electrons. The molecule has 0 aliphatic rings. The van der Waals surface area contributed by atoms with Gasteiger partial charge in [-0.15, -0.1) is 10.2 Å². The Morgan fingerprint density at radius 2 is 1.95 bits per heavy atom. The van der Waals surface area contributed by atoms with E-state index in [9.17, 15) is 4.79 Å². The number of rotatable bonds is 8. The summed E-state index contributed by atoms with van der Waals surface area (Å²) in [6, 6.07) is 0. The van der Waals surface area contributed by atoms with E-state index in [1.165, 1.54) is 0 Å². The number of aromatic nitrogens is 4. The Morgan fingerprint density at radius 3 is 2.42 bits per heavy atom. The summed E-state index contributed by atoms with van der Waals surface area (Å²) in [5.41, 5.74) is 0. The quantitative estimate of drug-likeness (QED) is 0.748. The molecule has 1 rings (SSSR count). The van der Waals surface area contributed by atoms with E-state index in [0.29, 0.717) is 19.0 Å². The number of aromatic amines is 1. The van der Waals surface area contributed by atoms with Gasteiger partial charge in [-0.2, -0.15) is 5.21 Å². The van der Waals surface area contributed by atoms with Crippen molar-refractivity contribution < 1.29 is 4.79 Å². The predicted octanol–water partition coefficient (Wildman–Crippen LogP) is 0.640. The highest BCUT2D eigenvalue weighted by molar-refractivity contribution is 5.90. The van der Waals surface area contributed by atoms with E-state index in [-0.39, 0.29) is 11.7 Å². The molecule has 0 bridgehead atoms. The molecule has 1 N–H and O–H groups in total. The van der Waals surface area contributed by atoms with Gasteiger partial charge in [0.2, 0.25) is 0 Å². The van der Waals surface area contributed by atoms with E-state index in [0.717, 1.165) is 19.6 Å². The molecule has 0 aromatic carbocycles. The fraction of sp³-hybridized carbons (Fsp3) is 0.833. The van der Waals surface area contributed by atoms with Crippen LogP contribution in [0.25, 0.3) is 0 Å². The second-order valence-electron chi connectivity index (χ2n) is 4.91. The SMILES string of the molecule is CCN(CC)CCN(CC(C)C)C(=O)c1nn[nH]n1. The van der Waals surface area contributed by atoms with Crippen LogP contribution < -0.4 is 0 Å². The highest BCUT2D eigenvalue weighted by Crippen LogP contribution is 2.04. The zero-order chi connectivity index (χ0) is 14.3. The van der Waals surface area contributed by atoms with Crippen molar-refractivity contribution in [2.24, 2.45) is 5.92 Å². The lowest BCUT2D eigenvalue weighted by Gasteiger charge is -2.26. The molecule has 1 heterocycles. The van der Waals surface area contributed by atoms with Crippen LogP contribution in [0.4, 0.5) is 0 Å².